The van der Waals surface area contributed by atoms with Crippen LogP contribution in [0.1, 0.15) is 44.1 Å². The molecule has 1 aliphatic heterocycles. The van der Waals surface area contributed by atoms with Crippen LogP contribution >= 0.6 is 15.9 Å². The van der Waals surface area contributed by atoms with Crippen LogP contribution in [0.25, 0.3) is 0 Å². The third-order valence-corrected chi connectivity index (χ3v) is 5.36. The fraction of sp³-hybridized carbons (Fsp3) is 0.588. The summed E-state index contributed by atoms with van der Waals surface area (Å²) >= 11 is 3.43. The summed E-state index contributed by atoms with van der Waals surface area (Å²) in [7, 11) is 0. The van der Waals surface area contributed by atoms with E-state index in [1.807, 2.05) is 24.3 Å². The van der Waals surface area contributed by atoms with Gasteiger partial charge < -0.3 is 5.32 Å². The standard InChI is InChI=1S/C17H22BrNO/c18-14-8-5-12(6-9-14)11-17(20)16-10-7-13-3-1-2-4-15(13)19-16/h5-6,8-9,13,15-16,19H,1-4,7,10-11H2. The Morgan fingerprint density at radius 3 is 2.65 bits per heavy atom. The van der Waals surface area contributed by atoms with Gasteiger partial charge in [-0.05, 0) is 49.3 Å². The number of benzene rings is 1. The molecule has 0 aromatic heterocycles. The van der Waals surface area contributed by atoms with E-state index in [-0.39, 0.29) is 6.04 Å². The lowest BCUT2D eigenvalue weighted by atomic mass is 9.77. The van der Waals surface area contributed by atoms with Crippen LogP contribution in [0.15, 0.2) is 28.7 Å². The molecule has 1 heterocycles. The summed E-state index contributed by atoms with van der Waals surface area (Å²) < 4.78 is 1.06. The number of carbonyl (C=O) groups is 1. The van der Waals surface area contributed by atoms with Crippen molar-refractivity contribution in [1.82, 2.24) is 5.32 Å². The van der Waals surface area contributed by atoms with Crippen LogP contribution in [-0.2, 0) is 11.2 Å². The van der Waals surface area contributed by atoms with E-state index in [2.05, 4.69) is 21.2 Å². The maximum Gasteiger partial charge on any atom is 0.154 e. The highest BCUT2D eigenvalue weighted by atomic mass is 79.9. The zero-order valence-corrected chi connectivity index (χ0v) is 13.4. The number of fused-ring (bicyclic) bond motifs is 1. The second kappa shape index (κ2) is 6.40. The monoisotopic (exact) mass is 335 g/mol. The van der Waals surface area contributed by atoms with Gasteiger partial charge in [0.25, 0.3) is 0 Å². The third kappa shape index (κ3) is 3.32. The normalized spacial score (nSPS) is 29.8. The van der Waals surface area contributed by atoms with Gasteiger partial charge in [0.15, 0.2) is 5.78 Å². The minimum Gasteiger partial charge on any atom is -0.304 e. The summed E-state index contributed by atoms with van der Waals surface area (Å²) in [5, 5.41) is 3.63. The Balaban J connectivity index is 1.58. The summed E-state index contributed by atoms with van der Waals surface area (Å²) in [5.74, 6) is 1.18. The van der Waals surface area contributed by atoms with E-state index in [0.717, 1.165) is 22.4 Å². The average molecular weight is 336 g/mol. The summed E-state index contributed by atoms with van der Waals surface area (Å²) in [5.41, 5.74) is 1.12. The van der Waals surface area contributed by atoms with Crippen LogP contribution in [0.5, 0.6) is 0 Å². The average Bonchev–Trinajstić information content (AvgIpc) is 2.49. The Labute approximate surface area is 129 Å². The molecule has 3 atom stereocenters. The van der Waals surface area contributed by atoms with Crippen molar-refractivity contribution in [3.05, 3.63) is 34.3 Å². The molecule has 3 rings (SSSR count). The molecule has 2 nitrogen and oxygen atoms in total. The van der Waals surface area contributed by atoms with Gasteiger partial charge in [-0.2, -0.15) is 0 Å². The Morgan fingerprint density at radius 2 is 1.85 bits per heavy atom. The first kappa shape index (κ1) is 14.3. The molecule has 108 valence electrons. The fourth-order valence-corrected chi connectivity index (χ4v) is 3.94. The maximum atomic E-state index is 12.5. The summed E-state index contributed by atoms with van der Waals surface area (Å²) in [4.78, 5) is 12.5. The van der Waals surface area contributed by atoms with Crippen molar-refractivity contribution in [2.45, 2.75) is 57.0 Å². The number of rotatable bonds is 3. The molecular formula is C17H22BrNO. The van der Waals surface area contributed by atoms with E-state index in [9.17, 15) is 4.79 Å². The van der Waals surface area contributed by atoms with Gasteiger partial charge in [0.1, 0.15) is 0 Å². The van der Waals surface area contributed by atoms with Gasteiger partial charge in [0, 0.05) is 16.9 Å². The highest BCUT2D eigenvalue weighted by Gasteiger charge is 2.34. The zero-order chi connectivity index (χ0) is 13.9. The number of ketones is 1. The number of halogens is 1. The molecular weight excluding hydrogens is 314 g/mol. The second-order valence-electron chi connectivity index (χ2n) is 6.22. The Kier molecular flexibility index (Phi) is 4.57. The number of nitrogens with one attached hydrogen (secondary N) is 1. The summed E-state index contributed by atoms with van der Waals surface area (Å²) in [6, 6.07) is 8.76. The minimum atomic E-state index is 0.0815. The summed E-state index contributed by atoms with van der Waals surface area (Å²) in [6.07, 6.45) is 8.12. The predicted octanol–water partition coefficient (Wildman–Crippen LogP) is 3.87. The third-order valence-electron chi connectivity index (χ3n) is 4.83. The van der Waals surface area contributed by atoms with Crippen LogP contribution in [-0.4, -0.2) is 17.9 Å². The molecule has 0 bridgehead atoms. The quantitative estimate of drug-likeness (QED) is 0.908. The van der Waals surface area contributed by atoms with Crippen LogP contribution in [0.4, 0.5) is 0 Å². The van der Waals surface area contributed by atoms with Crippen molar-refractivity contribution in [2.24, 2.45) is 5.92 Å². The lowest BCUT2D eigenvalue weighted by Gasteiger charge is -2.40. The van der Waals surface area contributed by atoms with E-state index in [1.54, 1.807) is 0 Å². The number of piperidine rings is 1. The first-order chi connectivity index (χ1) is 9.72. The number of Topliss-reactive ketones (excluding diaryl/α,β-unsaturated/α-hetero) is 1. The van der Waals surface area contributed by atoms with Crippen molar-refractivity contribution in [2.75, 3.05) is 0 Å². The first-order valence-corrected chi connectivity index (χ1v) is 8.55. The van der Waals surface area contributed by atoms with Crippen molar-refractivity contribution in [3.63, 3.8) is 0 Å². The number of hydrogen-bond acceptors (Lipinski definition) is 2. The van der Waals surface area contributed by atoms with E-state index in [0.29, 0.717) is 18.2 Å². The van der Waals surface area contributed by atoms with Crippen LogP contribution in [0, 0.1) is 5.92 Å². The van der Waals surface area contributed by atoms with Crippen molar-refractivity contribution < 1.29 is 4.79 Å². The van der Waals surface area contributed by atoms with Gasteiger partial charge >= 0.3 is 0 Å². The molecule has 1 saturated carbocycles. The predicted molar refractivity (Wildman–Crippen MR) is 84.8 cm³/mol. The molecule has 0 spiro atoms. The molecule has 1 saturated heterocycles. The molecule has 0 amide bonds. The number of hydrogen-bond donors (Lipinski definition) is 1. The Hall–Kier alpha value is -0.670. The van der Waals surface area contributed by atoms with Crippen molar-refractivity contribution >= 4 is 21.7 Å². The summed E-state index contributed by atoms with van der Waals surface area (Å²) in [6.45, 7) is 0. The van der Waals surface area contributed by atoms with Crippen LogP contribution in [0.2, 0.25) is 0 Å². The topological polar surface area (TPSA) is 29.1 Å². The molecule has 2 aliphatic rings. The SMILES string of the molecule is O=C(Cc1ccc(Br)cc1)C1CCC2CCCCC2N1. The molecule has 1 aromatic rings. The molecule has 1 aromatic carbocycles. The smallest absolute Gasteiger partial charge is 0.154 e. The van der Waals surface area contributed by atoms with Gasteiger partial charge in [-0.25, -0.2) is 0 Å². The molecule has 1 aliphatic carbocycles. The molecule has 2 fully saturated rings. The first-order valence-electron chi connectivity index (χ1n) is 7.75. The van der Waals surface area contributed by atoms with E-state index in [1.165, 1.54) is 32.1 Å². The van der Waals surface area contributed by atoms with E-state index < -0.39 is 0 Å². The molecule has 3 unspecified atom stereocenters. The largest absolute Gasteiger partial charge is 0.304 e. The van der Waals surface area contributed by atoms with Gasteiger partial charge in [-0.1, -0.05) is 40.9 Å². The molecule has 1 N–H and O–H groups in total. The van der Waals surface area contributed by atoms with Gasteiger partial charge in [-0.15, -0.1) is 0 Å². The highest BCUT2D eigenvalue weighted by molar-refractivity contribution is 9.10. The lowest BCUT2D eigenvalue weighted by Crippen LogP contribution is -2.52. The zero-order valence-electron chi connectivity index (χ0n) is 11.8. The van der Waals surface area contributed by atoms with Crippen molar-refractivity contribution in [3.8, 4) is 0 Å². The second-order valence-corrected chi connectivity index (χ2v) is 7.13. The van der Waals surface area contributed by atoms with Crippen LogP contribution in [0.3, 0.4) is 0 Å². The fourth-order valence-electron chi connectivity index (χ4n) is 3.68. The molecule has 20 heavy (non-hydrogen) atoms. The van der Waals surface area contributed by atoms with Crippen molar-refractivity contribution in [1.29, 1.82) is 0 Å². The lowest BCUT2D eigenvalue weighted by molar-refractivity contribution is -0.121. The molecule has 0 radical (unpaired) electrons. The minimum absolute atomic E-state index is 0.0815. The highest BCUT2D eigenvalue weighted by Crippen LogP contribution is 2.32. The Bertz CT molecular complexity index is 470. The van der Waals surface area contributed by atoms with Gasteiger partial charge in [0.05, 0.1) is 6.04 Å². The van der Waals surface area contributed by atoms with Gasteiger partial charge in [0.2, 0.25) is 0 Å². The van der Waals surface area contributed by atoms with E-state index >= 15 is 0 Å². The van der Waals surface area contributed by atoms with E-state index in [4.69, 9.17) is 0 Å². The maximum absolute atomic E-state index is 12.5. The Morgan fingerprint density at radius 1 is 1.10 bits per heavy atom. The number of carbonyl (C=O) groups excluding carboxylic acids is 1. The van der Waals surface area contributed by atoms with Crippen LogP contribution < -0.4 is 5.32 Å². The molecule has 3 heteroatoms. The van der Waals surface area contributed by atoms with Gasteiger partial charge in [-0.3, -0.25) is 4.79 Å².